The predicted octanol–water partition coefficient (Wildman–Crippen LogP) is 5.01. The molecule has 3 atom stereocenters. The summed E-state index contributed by atoms with van der Waals surface area (Å²) in [6.45, 7) is 13.2. The molecule has 1 aliphatic heterocycles. The number of amides is 4. The van der Waals surface area contributed by atoms with Gasteiger partial charge in [-0.15, -0.1) is 5.10 Å². The second kappa shape index (κ2) is 16.0. The average molecular weight is 710 g/mol. The number of likely N-dealkylation sites (N-methyl/N-ethyl adjacent to an activating group) is 1. The summed E-state index contributed by atoms with van der Waals surface area (Å²) in [7, 11) is 1.47. The van der Waals surface area contributed by atoms with Crippen LogP contribution in [0.2, 0.25) is 0 Å². The Balaban J connectivity index is 1.54. The number of rotatable bonds is 11. The minimum Gasteiger partial charge on any atom is -0.444 e. The highest BCUT2D eigenvalue weighted by molar-refractivity contribution is 5.93. The number of carbonyl (C=O) groups is 4. The van der Waals surface area contributed by atoms with Gasteiger partial charge in [-0.05, 0) is 94.3 Å². The van der Waals surface area contributed by atoms with Crippen molar-refractivity contribution in [3.63, 3.8) is 0 Å². The van der Waals surface area contributed by atoms with E-state index >= 15 is 0 Å². The zero-order chi connectivity index (χ0) is 37.7. The van der Waals surface area contributed by atoms with Crippen molar-refractivity contribution >= 4 is 23.8 Å². The van der Waals surface area contributed by atoms with Crippen molar-refractivity contribution in [2.75, 3.05) is 26.7 Å². The largest absolute Gasteiger partial charge is 0.444 e. The van der Waals surface area contributed by atoms with Crippen molar-refractivity contribution in [3.05, 3.63) is 77.6 Å². The number of nitrogens with zero attached hydrogens (tertiary/aromatic N) is 6. The molecule has 1 aromatic heterocycles. The van der Waals surface area contributed by atoms with E-state index in [-0.39, 0.29) is 36.5 Å². The number of aromatic nitrogens is 3. The summed E-state index contributed by atoms with van der Waals surface area (Å²) in [5, 5.41) is 11.1. The Morgan fingerprint density at radius 3 is 2.18 bits per heavy atom. The molecular formula is C37H49F2N7O5. The molecular weight excluding hydrogens is 660 g/mol. The standard InChI is InChI=1S/C37H49F2N7O5/c1-24(43(8)35(50)51-37(5,6)7)32(47)40-31(36(2,3)4)34(49)45-20-9-10-29(45)22-44(21-19-25-11-13-26(38)14-12-25)33(48)30-23-46(42-41-30)28-17-15-27(39)16-18-28/h11-18,23-24,29,31H,9-10,19-22H2,1-8H3,(H,40,47). The molecule has 0 saturated carbocycles. The fraction of sp³-hybridized carbons (Fsp3) is 0.514. The van der Waals surface area contributed by atoms with Crippen LogP contribution in [-0.4, -0.2) is 104 Å². The molecule has 1 N–H and O–H groups in total. The summed E-state index contributed by atoms with van der Waals surface area (Å²) >= 11 is 0. The van der Waals surface area contributed by atoms with Crippen LogP contribution in [0, 0.1) is 17.0 Å². The van der Waals surface area contributed by atoms with Gasteiger partial charge in [0.05, 0.1) is 11.9 Å². The van der Waals surface area contributed by atoms with Crippen molar-refractivity contribution in [3.8, 4) is 5.69 Å². The van der Waals surface area contributed by atoms with E-state index in [0.29, 0.717) is 31.5 Å². The van der Waals surface area contributed by atoms with E-state index in [1.807, 2.05) is 20.8 Å². The fourth-order valence-electron chi connectivity index (χ4n) is 5.75. The van der Waals surface area contributed by atoms with Gasteiger partial charge in [0.2, 0.25) is 11.8 Å². The molecule has 3 aromatic rings. The maximum absolute atomic E-state index is 14.3. The van der Waals surface area contributed by atoms with Gasteiger partial charge in [0.25, 0.3) is 5.91 Å². The predicted molar refractivity (Wildman–Crippen MR) is 187 cm³/mol. The number of halogens is 2. The van der Waals surface area contributed by atoms with Gasteiger partial charge in [0.1, 0.15) is 29.3 Å². The number of carbonyl (C=O) groups excluding carboxylic acids is 4. The van der Waals surface area contributed by atoms with Crippen LogP contribution in [0.4, 0.5) is 13.6 Å². The zero-order valence-corrected chi connectivity index (χ0v) is 30.7. The first kappa shape index (κ1) is 38.9. The molecule has 2 aromatic carbocycles. The lowest BCUT2D eigenvalue weighted by molar-refractivity contribution is -0.141. The monoisotopic (exact) mass is 709 g/mol. The number of hydrogen-bond acceptors (Lipinski definition) is 7. The topological polar surface area (TPSA) is 130 Å². The highest BCUT2D eigenvalue weighted by atomic mass is 19.1. The number of nitrogens with one attached hydrogen (secondary N) is 1. The Bertz CT molecular complexity index is 1680. The SMILES string of the molecule is CC(C(=O)NC(C(=O)N1CCCC1CN(CCc1ccc(F)cc1)C(=O)c1cn(-c2ccc(F)cc2)nn1)C(C)(C)C)N(C)C(=O)OC(C)(C)C. The number of ether oxygens (including phenoxy) is 1. The smallest absolute Gasteiger partial charge is 0.410 e. The molecule has 12 nitrogen and oxygen atoms in total. The Kier molecular flexibility index (Phi) is 12.2. The molecule has 51 heavy (non-hydrogen) atoms. The Hall–Kier alpha value is -4.88. The Morgan fingerprint density at radius 2 is 1.59 bits per heavy atom. The third kappa shape index (κ3) is 10.3. The summed E-state index contributed by atoms with van der Waals surface area (Å²) in [5.41, 5.74) is -0.0259. The van der Waals surface area contributed by atoms with Crippen molar-refractivity contribution in [1.29, 1.82) is 0 Å². The van der Waals surface area contributed by atoms with E-state index in [1.54, 1.807) is 49.6 Å². The zero-order valence-electron chi connectivity index (χ0n) is 30.7. The second-order valence-corrected chi connectivity index (χ2v) is 15.1. The molecule has 4 amide bonds. The molecule has 2 heterocycles. The molecule has 0 bridgehead atoms. The van der Waals surface area contributed by atoms with Gasteiger partial charge in [-0.2, -0.15) is 0 Å². The molecule has 1 fully saturated rings. The van der Waals surface area contributed by atoms with Gasteiger partial charge in [-0.1, -0.05) is 38.1 Å². The number of hydrogen-bond donors (Lipinski definition) is 1. The van der Waals surface area contributed by atoms with Crippen LogP contribution in [0.3, 0.4) is 0 Å². The van der Waals surface area contributed by atoms with Gasteiger partial charge in [-0.3, -0.25) is 19.3 Å². The average Bonchev–Trinajstić information content (AvgIpc) is 3.74. The molecule has 0 spiro atoms. The van der Waals surface area contributed by atoms with E-state index in [2.05, 4.69) is 15.6 Å². The van der Waals surface area contributed by atoms with E-state index < -0.39 is 46.8 Å². The molecule has 3 unspecified atom stereocenters. The van der Waals surface area contributed by atoms with Gasteiger partial charge >= 0.3 is 6.09 Å². The van der Waals surface area contributed by atoms with Gasteiger partial charge in [0, 0.05) is 32.7 Å². The van der Waals surface area contributed by atoms with E-state index in [4.69, 9.17) is 4.74 Å². The van der Waals surface area contributed by atoms with E-state index in [0.717, 1.165) is 5.56 Å². The van der Waals surface area contributed by atoms with Crippen LogP contribution in [0.25, 0.3) is 5.69 Å². The third-order valence-electron chi connectivity index (χ3n) is 8.81. The molecule has 14 heteroatoms. The maximum atomic E-state index is 14.3. The first-order valence-corrected chi connectivity index (χ1v) is 17.1. The van der Waals surface area contributed by atoms with Crippen LogP contribution in [0.1, 0.15) is 77.4 Å². The van der Waals surface area contributed by atoms with Crippen molar-refractivity contribution in [2.45, 2.75) is 91.5 Å². The quantitative estimate of drug-likeness (QED) is 0.297. The minimum absolute atomic E-state index is 0.0669. The third-order valence-corrected chi connectivity index (χ3v) is 8.81. The lowest BCUT2D eigenvalue weighted by atomic mass is 9.85. The van der Waals surface area contributed by atoms with Crippen LogP contribution < -0.4 is 5.32 Å². The molecule has 276 valence electrons. The van der Waals surface area contributed by atoms with Crippen LogP contribution in [0.15, 0.2) is 54.7 Å². The molecule has 0 radical (unpaired) electrons. The lowest BCUT2D eigenvalue weighted by Crippen LogP contribution is -2.59. The summed E-state index contributed by atoms with van der Waals surface area (Å²) < 4.78 is 33.9. The van der Waals surface area contributed by atoms with Crippen molar-refractivity contribution in [2.24, 2.45) is 5.41 Å². The lowest BCUT2D eigenvalue weighted by Gasteiger charge is -2.38. The molecule has 1 aliphatic rings. The molecule has 1 saturated heterocycles. The Labute approximate surface area is 298 Å². The Morgan fingerprint density at radius 1 is 0.980 bits per heavy atom. The summed E-state index contributed by atoms with van der Waals surface area (Å²) in [4.78, 5) is 58.9. The normalized spacial score (nSPS) is 16.0. The number of likely N-dealkylation sites (tertiary alicyclic amines) is 1. The molecule has 0 aliphatic carbocycles. The first-order valence-electron chi connectivity index (χ1n) is 17.1. The van der Waals surface area contributed by atoms with Crippen LogP contribution >= 0.6 is 0 Å². The summed E-state index contributed by atoms with van der Waals surface area (Å²) in [5.74, 6) is -1.99. The highest BCUT2D eigenvalue weighted by Crippen LogP contribution is 2.27. The first-order chi connectivity index (χ1) is 23.8. The van der Waals surface area contributed by atoms with Gasteiger partial charge in [-0.25, -0.2) is 18.3 Å². The van der Waals surface area contributed by atoms with Crippen LogP contribution in [0.5, 0.6) is 0 Å². The van der Waals surface area contributed by atoms with Crippen LogP contribution in [-0.2, 0) is 20.7 Å². The molecule has 4 rings (SSSR count). The highest BCUT2D eigenvalue weighted by Gasteiger charge is 2.41. The van der Waals surface area contributed by atoms with Gasteiger partial charge in [0.15, 0.2) is 5.69 Å². The minimum atomic E-state index is -0.931. The second-order valence-electron chi connectivity index (χ2n) is 15.1. The van der Waals surface area contributed by atoms with E-state index in [9.17, 15) is 28.0 Å². The van der Waals surface area contributed by atoms with E-state index in [1.165, 1.54) is 59.2 Å². The summed E-state index contributed by atoms with van der Waals surface area (Å²) in [6, 6.07) is 9.43. The van der Waals surface area contributed by atoms with Crippen molar-refractivity contribution in [1.82, 2.24) is 35.0 Å². The van der Waals surface area contributed by atoms with Crippen molar-refractivity contribution < 1.29 is 32.7 Å². The summed E-state index contributed by atoms with van der Waals surface area (Å²) in [6.07, 6.45) is 2.55. The van der Waals surface area contributed by atoms with Gasteiger partial charge < -0.3 is 19.9 Å². The fourth-order valence-corrected chi connectivity index (χ4v) is 5.75. The number of benzene rings is 2. The maximum Gasteiger partial charge on any atom is 0.410 e.